The van der Waals surface area contributed by atoms with E-state index in [1.807, 2.05) is 11.5 Å². The van der Waals surface area contributed by atoms with Crippen molar-refractivity contribution in [3.8, 4) is 5.75 Å². The van der Waals surface area contributed by atoms with Crippen molar-refractivity contribution in [1.29, 1.82) is 0 Å². The second-order valence-electron chi connectivity index (χ2n) is 7.01. The Kier molecular flexibility index (Phi) is 5.04. The number of rotatable bonds is 7. The molecule has 2 heterocycles. The zero-order valence-corrected chi connectivity index (χ0v) is 15.7. The van der Waals surface area contributed by atoms with Gasteiger partial charge in [-0.05, 0) is 39.0 Å². The summed E-state index contributed by atoms with van der Waals surface area (Å²) in [5.41, 5.74) is 7.44. The molecular formula is C18H25N7O2. The van der Waals surface area contributed by atoms with Crippen molar-refractivity contribution >= 4 is 28.6 Å². The van der Waals surface area contributed by atoms with E-state index in [9.17, 15) is 10.2 Å². The number of nitrogen functional groups attached to an aromatic ring is 1. The summed E-state index contributed by atoms with van der Waals surface area (Å²) in [6, 6.07) is 4.91. The summed E-state index contributed by atoms with van der Waals surface area (Å²) >= 11 is 0. The monoisotopic (exact) mass is 371 g/mol. The molecule has 0 spiro atoms. The van der Waals surface area contributed by atoms with Crippen molar-refractivity contribution in [3.63, 3.8) is 0 Å². The second kappa shape index (κ2) is 7.28. The molecule has 0 radical (unpaired) electrons. The minimum atomic E-state index is -0.899. The van der Waals surface area contributed by atoms with Crippen LogP contribution in [0, 0.1) is 0 Å². The van der Waals surface area contributed by atoms with Gasteiger partial charge in [0.1, 0.15) is 5.75 Å². The van der Waals surface area contributed by atoms with Crippen LogP contribution in [0.1, 0.15) is 26.3 Å². The van der Waals surface area contributed by atoms with Crippen LogP contribution in [0.15, 0.2) is 24.5 Å². The van der Waals surface area contributed by atoms with E-state index in [-0.39, 0.29) is 5.75 Å². The number of phenols is 1. The first kappa shape index (κ1) is 18.7. The zero-order chi connectivity index (χ0) is 19.6. The number of nitrogens with zero attached hydrogens (tertiary/aromatic N) is 4. The Morgan fingerprint density at radius 1 is 1.22 bits per heavy atom. The van der Waals surface area contributed by atoms with Crippen LogP contribution >= 0.6 is 0 Å². The van der Waals surface area contributed by atoms with Crippen LogP contribution < -0.4 is 16.4 Å². The predicted molar refractivity (Wildman–Crippen MR) is 106 cm³/mol. The molecule has 0 amide bonds. The van der Waals surface area contributed by atoms with Crippen molar-refractivity contribution in [2.24, 2.45) is 0 Å². The number of imidazole rings is 1. The molecule has 0 saturated carbocycles. The van der Waals surface area contributed by atoms with Gasteiger partial charge < -0.3 is 31.1 Å². The maximum atomic E-state index is 10.0. The summed E-state index contributed by atoms with van der Waals surface area (Å²) in [7, 11) is 0. The topological polar surface area (TPSA) is 134 Å². The van der Waals surface area contributed by atoms with Crippen LogP contribution in [0.3, 0.4) is 0 Å². The number of benzene rings is 1. The number of nitrogens with one attached hydrogen (secondary N) is 2. The van der Waals surface area contributed by atoms with Crippen molar-refractivity contribution in [2.75, 3.05) is 22.9 Å². The van der Waals surface area contributed by atoms with Gasteiger partial charge in [0.05, 0.1) is 11.9 Å². The van der Waals surface area contributed by atoms with Gasteiger partial charge in [0, 0.05) is 30.9 Å². The molecule has 3 rings (SSSR count). The van der Waals surface area contributed by atoms with Gasteiger partial charge in [-0.2, -0.15) is 9.97 Å². The van der Waals surface area contributed by atoms with E-state index in [1.165, 1.54) is 0 Å². The number of aliphatic hydroxyl groups is 1. The second-order valence-corrected chi connectivity index (χ2v) is 7.01. The third kappa shape index (κ3) is 4.37. The van der Waals surface area contributed by atoms with Crippen molar-refractivity contribution in [1.82, 2.24) is 19.5 Å². The largest absolute Gasteiger partial charge is 0.508 e. The molecule has 144 valence electrons. The van der Waals surface area contributed by atoms with Crippen LogP contribution in [-0.2, 0) is 13.1 Å². The number of fused-ring (bicyclic) bond motifs is 1. The minimum Gasteiger partial charge on any atom is -0.508 e. The number of phenolic OH excluding ortho intramolecular Hbond substituents is 1. The molecular weight excluding hydrogens is 346 g/mol. The van der Waals surface area contributed by atoms with Crippen molar-refractivity contribution < 1.29 is 10.2 Å². The Morgan fingerprint density at radius 2 is 2.00 bits per heavy atom. The zero-order valence-electron chi connectivity index (χ0n) is 15.7. The Morgan fingerprint density at radius 3 is 2.70 bits per heavy atom. The molecule has 0 bridgehead atoms. The van der Waals surface area contributed by atoms with Gasteiger partial charge in [-0.1, -0.05) is 0 Å². The van der Waals surface area contributed by atoms with Crippen LogP contribution in [0.25, 0.3) is 11.2 Å². The number of anilines is 3. The first-order chi connectivity index (χ1) is 12.8. The standard InChI is InChI=1S/C18H25N7O2/c1-4-25-10-22-14-15(20-8-11-7-12(19)5-6-13(11)26)23-17(24-16(14)25)21-9-18(2,3)27/h5-7,10,26-27H,4,8-9,19H2,1-3H3,(H2,20,21,23,24). The lowest BCUT2D eigenvalue weighted by Crippen LogP contribution is -2.30. The highest BCUT2D eigenvalue weighted by atomic mass is 16.3. The summed E-state index contributed by atoms with van der Waals surface area (Å²) in [6.07, 6.45) is 1.71. The van der Waals surface area contributed by atoms with Crippen molar-refractivity contribution in [3.05, 3.63) is 30.1 Å². The van der Waals surface area contributed by atoms with Gasteiger partial charge in [-0.3, -0.25) is 0 Å². The van der Waals surface area contributed by atoms with E-state index < -0.39 is 5.60 Å². The number of aryl methyl sites for hydroxylation is 1. The van der Waals surface area contributed by atoms with Crippen LogP contribution in [0.5, 0.6) is 5.75 Å². The van der Waals surface area contributed by atoms with E-state index in [2.05, 4.69) is 25.6 Å². The van der Waals surface area contributed by atoms with Crippen molar-refractivity contribution in [2.45, 2.75) is 39.5 Å². The molecule has 0 unspecified atom stereocenters. The fourth-order valence-corrected chi connectivity index (χ4v) is 2.60. The molecule has 0 atom stereocenters. The fourth-order valence-electron chi connectivity index (χ4n) is 2.60. The Bertz CT molecular complexity index is 947. The summed E-state index contributed by atoms with van der Waals surface area (Å²) in [5, 5.41) is 26.2. The first-order valence-electron chi connectivity index (χ1n) is 8.77. The third-order valence-corrected chi connectivity index (χ3v) is 4.03. The fraction of sp³-hybridized carbons (Fsp3) is 0.389. The number of hydrogen-bond acceptors (Lipinski definition) is 8. The number of nitrogens with two attached hydrogens (primary N) is 1. The average Bonchev–Trinajstić information content (AvgIpc) is 3.03. The van der Waals surface area contributed by atoms with E-state index in [0.717, 1.165) is 0 Å². The summed E-state index contributed by atoms with van der Waals surface area (Å²) < 4.78 is 1.91. The predicted octanol–water partition coefficient (Wildman–Crippen LogP) is 1.93. The quantitative estimate of drug-likeness (QED) is 0.314. The molecule has 0 aliphatic carbocycles. The normalized spacial score (nSPS) is 11.7. The van der Waals surface area contributed by atoms with Gasteiger partial charge in [0.15, 0.2) is 17.0 Å². The SMILES string of the molecule is CCn1cnc2c(NCc3cc(N)ccc3O)nc(NCC(C)(C)O)nc21. The Labute approximate surface area is 157 Å². The number of aromatic hydroxyl groups is 1. The van der Waals surface area contributed by atoms with Gasteiger partial charge in [-0.15, -0.1) is 0 Å². The van der Waals surface area contributed by atoms with E-state index in [1.54, 1.807) is 38.4 Å². The molecule has 9 heteroatoms. The maximum absolute atomic E-state index is 10.0. The molecule has 0 aliphatic heterocycles. The maximum Gasteiger partial charge on any atom is 0.226 e. The lowest BCUT2D eigenvalue weighted by atomic mass is 10.1. The van der Waals surface area contributed by atoms with Gasteiger partial charge in [-0.25, -0.2) is 4.98 Å². The first-order valence-corrected chi connectivity index (χ1v) is 8.77. The minimum absolute atomic E-state index is 0.154. The average molecular weight is 371 g/mol. The number of hydrogen-bond donors (Lipinski definition) is 5. The van der Waals surface area contributed by atoms with Gasteiger partial charge in [0.25, 0.3) is 0 Å². The highest BCUT2D eigenvalue weighted by Crippen LogP contribution is 2.24. The number of aromatic nitrogens is 4. The molecule has 2 aromatic heterocycles. The van der Waals surface area contributed by atoms with Crippen LogP contribution in [0.4, 0.5) is 17.5 Å². The molecule has 1 aromatic carbocycles. The molecule has 3 aromatic rings. The van der Waals surface area contributed by atoms with Gasteiger partial charge in [0.2, 0.25) is 5.95 Å². The molecule has 0 fully saturated rings. The molecule has 0 saturated heterocycles. The highest BCUT2D eigenvalue weighted by molar-refractivity contribution is 5.84. The Hall–Kier alpha value is -3.07. The summed E-state index contributed by atoms with van der Waals surface area (Å²) in [6.45, 7) is 6.76. The van der Waals surface area contributed by atoms with Gasteiger partial charge >= 0.3 is 0 Å². The molecule has 0 aliphatic rings. The third-order valence-electron chi connectivity index (χ3n) is 4.03. The van der Waals surface area contributed by atoms with E-state index >= 15 is 0 Å². The van der Waals surface area contributed by atoms with E-state index in [0.29, 0.717) is 53.8 Å². The smallest absolute Gasteiger partial charge is 0.226 e. The van der Waals surface area contributed by atoms with Crippen LogP contribution in [-0.4, -0.2) is 41.9 Å². The summed E-state index contributed by atoms with van der Waals surface area (Å²) in [5.74, 6) is 1.08. The lowest BCUT2D eigenvalue weighted by Gasteiger charge is -2.18. The van der Waals surface area contributed by atoms with Crippen LogP contribution in [0.2, 0.25) is 0 Å². The van der Waals surface area contributed by atoms with E-state index in [4.69, 9.17) is 5.73 Å². The summed E-state index contributed by atoms with van der Waals surface area (Å²) in [4.78, 5) is 13.4. The highest BCUT2D eigenvalue weighted by Gasteiger charge is 2.16. The molecule has 6 N–H and O–H groups in total. The molecule has 27 heavy (non-hydrogen) atoms. The Balaban J connectivity index is 1.92. The molecule has 9 nitrogen and oxygen atoms in total. The lowest BCUT2D eigenvalue weighted by molar-refractivity contribution is 0.0943.